The molecule has 0 aliphatic carbocycles. The molecule has 0 radical (unpaired) electrons. The maximum Gasteiger partial charge on any atom is 0.306 e. The number of hydrogen-bond acceptors (Lipinski definition) is 6. The van der Waals surface area contributed by atoms with E-state index in [0.717, 1.165) is 128 Å². The first-order valence-corrected chi connectivity index (χ1v) is 34.0. The van der Waals surface area contributed by atoms with Crippen LogP contribution in [0.5, 0.6) is 0 Å². The first kappa shape index (κ1) is 78.0. The summed E-state index contributed by atoms with van der Waals surface area (Å²) >= 11 is 0. The predicted molar refractivity (Wildman–Crippen MR) is 362 cm³/mol. The van der Waals surface area contributed by atoms with Crippen molar-refractivity contribution < 1.29 is 28.6 Å². The fraction of sp³-hybridized carbons (Fsp3) is 0.623. The summed E-state index contributed by atoms with van der Waals surface area (Å²) in [6, 6.07) is 0. The van der Waals surface area contributed by atoms with Gasteiger partial charge >= 0.3 is 17.9 Å². The van der Waals surface area contributed by atoms with E-state index in [4.69, 9.17) is 14.2 Å². The third kappa shape index (κ3) is 67.7. The van der Waals surface area contributed by atoms with Crippen LogP contribution in [-0.4, -0.2) is 37.2 Å². The Morgan fingerprint density at radius 2 is 0.494 bits per heavy atom. The number of esters is 3. The molecule has 0 spiro atoms. The summed E-state index contributed by atoms with van der Waals surface area (Å²) in [5.74, 6) is -1.01. The molecule has 0 aliphatic heterocycles. The monoisotopic (exact) mass is 1140 g/mol. The molecule has 0 aliphatic rings. The zero-order valence-corrected chi connectivity index (χ0v) is 53.7. The molecule has 0 saturated heterocycles. The Labute approximate surface area is 511 Å². The topological polar surface area (TPSA) is 78.9 Å². The van der Waals surface area contributed by atoms with Crippen molar-refractivity contribution >= 4 is 17.9 Å². The molecule has 0 bridgehead atoms. The normalized spacial score (nSPS) is 13.1. The van der Waals surface area contributed by atoms with E-state index in [-0.39, 0.29) is 44.0 Å². The third-order valence-electron chi connectivity index (χ3n) is 14.0. The van der Waals surface area contributed by atoms with Gasteiger partial charge in [-0.05, 0) is 135 Å². The molecule has 0 aromatic rings. The summed E-state index contributed by atoms with van der Waals surface area (Å²) in [7, 11) is 0. The maximum atomic E-state index is 12.9. The molecule has 0 aromatic carbocycles. The molecular formula is C77H124O6. The lowest BCUT2D eigenvalue weighted by atomic mass is 10.0. The van der Waals surface area contributed by atoms with Gasteiger partial charge < -0.3 is 14.2 Å². The molecule has 6 nitrogen and oxygen atoms in total. The summed E-state index contributed by atoms with van der Waals surface area (Å²) in [4.78, 5) is 38.3. The van der Waals surface area contributed by atoms with E-state index in [0.29, 0.717) is 12.8 Å². The number of ether oxygens (including phenoxy) is 3. The Hall–Kier alpha value is -4.97. The number of carbonyl (C=O) groups is 3. The molecule has 1 unspecified atom stereocenters. The lowest BCUT2D eigenvalue weighted by Gasteiger charge is -2.18. The van der Waals surface area contributed by atoms with Crippen molar-refractivity contribution in [2.24, 2.45) is 0 Å². The van der Waals surface area contributed by atoms with Crippen molar-refractivity contribution in [1.82, 2.24) is 0 Å². The predicted octanol–water partition coefficient (Wildman–Crippen LogP) is 23.7. The highest BCUT2D eigenvalue weighted by Crippen LogP contribution is 2.15. The average Bonchev–Trinajstić information content (AvgIpc) is 3.49. The van der Waals surface area contributed by atoms with E-state index >= 15 is 0 Å². The molecule has 0 amide bonds. The van der Waals surface area contributed by atoms with E-state index in [1.165, 1.54) is 116 Å². The number of hydrogen-bond donors (Lipinski definition) is 0. The van der Waals surface area contributed by atoms with Crippen molar-refractivity contribution in [1.29, 1.82) is 0 Å². The molecule has 0 heterocycles. The lowest BCUT2D eigenvalue weighted by Crippen LogP contribution is -2.30. The van der Waals surface area contributed by atoms with Gasteiger partial charge in [-0.2, -0.15) is 0 Å². The smallest absolute Gasteiger partial charge is 0.306 e. The van der Waals surface area contributed by atoms with Gasteiger partial charge in [0.25, 0.3) is 0 Å². The van der Waals surface area contributed by atoms with Crippen LogP contribution >= 0.6 is 0 Å². The average molecular weight is 1150 g/mol. The number of unbranched alkanes of at least 4 members (excludes halogenated alkanes) is 23. The van der Waals surface area contributed by atoms with E-state index in [9.17, 15) is 14.4 Å². The Balaban J connectivity index is 4.40. The number of allylic oxidation sites excluding steroid dienone is 26. The standard InChI is InChI=1S/C77H124O6/c1-4-7-10-13-16-19-22-25-27-29-31-33-35-37-38-40-41-43-45-47-49-52-55-58-61-64-67-70-76(79)82-73-74(72-81-75(78)69-66-63-60-57-54-51-24-21-18-15-12-9-6-3)83-77(80)71-68-65-62-59-56-53-50-48-46-44-42-39-36-34-32-30-28-26-23-20-17-14-11-8-5-2/h8-9,11-12,17-18,20-22,25-26,28-29,31-32,34-35,37,39,42,46,48,51,54,60,63,74H,4-7,10,13-16,19,23-24,27,30,33,36,38,40-41,43-45,47,49-50,52-53,55-59,61-62,64-73H2,1-3H3/b11-8-,12-9-,20-17-,21-18-,25-22-,28-26-,31-29-,34-32-,37-35-,42-39-,48-46-,54-51-,63-60-. The van der Waals surface area contributed by atoms with Crippen molar-refractivity contribution in [2.75, 3.05) is 13.2 Å². The van der Waals surface area contributed by atoms with Crippen LogP contribution in [0, 0.1) is 0 Å². The van der Waals surface area contributed by atoms with Gasteiger partial charge in [-0.25, -0.2) is 0 Å². The highest BCUT2D eigenvalue weighted by Gasteiger charge is 2.19. The summed E-state index contributed by atoms with van der Waals surface area (Å²) in [5.41, 5.74) is 0. The summed E-state index contributed by atoms with van der Waals surface area (Å²) in [6.45, 7) is 6.33. The van der Waals surface area contributed by atoms with Crippen LogP contribution in [0.2, 0.25) is 0 Å². The van der Waals surface area contributed by atoms with Crippen LogP contribution in [-0.2, 0) is 28.6 Å². The largest absolute Gasteiger partial charge is 0.462 e. The first-order valence-electron chi connectivity index (χ1n) is 34.0. The molecular weight excluding hydrogens is 1020 g/mol. The van der Waals surface area contributed by atoms with Crippen LogP contribution in [0.3, 0.4) is 0 Å². The van der Waals surface area contributed by atoms with Crippen LogP contribution in [0.1, 0.15) is 290 Å². The fourth-order valence-electron chi connectivity index (χ4n) is 9.00. The van der Waals surface area contributed by atoms with Gasteiger partial charge in [-0.1, -0.05) is 294 Å². The lowest BCUT2D eigenvalue weighted by molar-refractivity contribution is -0.166. The van der Waals surface area contributed by atoms with Crippen molar-refractivity contribution in [2.45, 2.75) is 297 Å². The molecule has 468 valence electrons. The second-order valence-corrected chi connectivity index (χ2v) is 22.0. The second kappa shape index (κ2) is 69.5. The van der Waals surface area contributed by atoms with Gasteiger partial charge in [0.1, 0.15) is 13.2 Å². The maximum absolute atomic E-state index is 12.9. The molecule has 83 heavy (non-hydrogen) atoms. The highest BCUT2D eigenvalue weighted by atomic mass is 16.6. The molecule has 6 heteroatoms. The zero-order valence-electron chi connectivity index (χ0n) is 53.7. The van der Waals surface area contributed by atoms with Gasteiger partial charge in [-0.15, -0.1) is 0 Å². The van der Waals surface area contributed by atoms with Gasteiger partial charge in [0, 0.05) is 19.3 Å². The fourth-order valence-corrected chi connectivity index (χ4v) is 9.00. The Morgan fingerprint density at radius 1 is 0.253 bits per heavy atom. The minimum absolute atomic E-state index is 0.113. The van der Waals surface area contributed by atoms with Gasteiger partial charge in [-0.3, -0.25) is 14.4 Å². The SMILES string of the molecule is CC/C=C\C/C=C\C/C=C\C/C=C\C/C=C\C/C=C\CCCCCCCCC(=O)OC(COC(=O)CC/C=C\C/C=C\C/C=C\C/C=C\CC)COC(=O)CCCCCCCCCCCCCC/C=C\C/C=C\C/C=C\CCCCCCC. The molecule has 0 aromatic heterocycles. The van der Waals surface area contributed by atoms with Crippen LogP contribution in [0.15, 0.2) is 158 Å². The molecule has 0 fully saturated rings. The number of rotatable bonds is 60. The summed E-state index contributed by atoms with van der Waals surface area (Å²) in [5, 5.41) is 0. The van der Waals surface area contributed by atoms with Gasteiger partial charge in [0.05, 0.1) is 0 Å². The van der Waals surface area contributed by atoms with E-state index in [2.05, 4.69) is 173 Å². The second-order valence-electron chi connectivity index (χ2n) is 22.0. The Bertz CT molecular complexity index is 1840. The molecule has 0 saturated carbocycles. The van der Waals surface area contributed by atoms with Crippen molar-refractivity contribution in [3.8, 4) is 0 Å². The van der Waals surface area contributed by atoms with Crippen molar-refractivity contribution in [3.05, 3.63) is 158 Å². The minimum Gasteiger partial charge on any atom is -0.462 e. The Morgan fingerprint density at radius 3 is 0.807 bits per heavy atom. The molecule has 1 atom stereocenters. The quantitative estimate of drug-likeness (QED) is 0.0261. The van der Waals surface area contributed by atoms with Crippen LogP contribution in [0.4, 0.5) is 0 Å². The zero-order chi connectivity index (χ0) is 59.9. The first-order chi connectivity index (χ1) is 41.0. The van der Waals surface area contributed by atoms with Gasteiger partial charge in [0.15, 0.2) is 6.10 Å². The third-order valence-corrected chi connectivity index (χ3v) is 14.0. The van der Waals surface area contributed by atoms with E-state index in [1.54, 1.807) is 0 Å². The molecule has 0 N–H and O–H groups in total. The van der Waals surface area contributed by atoms with Crippen LogP contribution in [0.25, 0.3) is 0 Å². The van der Waals surface area contributed by atoms with E-state index < -0.39 is 6.10 Å². The van der Waals surface area contributed by atoms with Gasteiger partial charge in [0.2, 0.25) is 0 Å². The molecule has 0 rings (SSSR count). The van der Waals surface area contributed by atoms with E-state index in [1.807, 2.05) is 6.08 Å². The number of carbonyl (C=O) groups excluding carboxylic acids is 3. The Kier molecular flexibility index (Phi) is 65.4. The summed E-state index contributed by atoms with van der Waals surface area (Å²) < 4.78 is 16.9. The minimum atomic E-state index is -0.825. The van der Waals surface area contributed by atoms with Crippen LogP contribution < -0.4 is 0 Å². The summed E-state index contributed by atoms with van der Waals surface area (Å²) in [6.07, 6.45) is 101. The highest BCUT2D eigenvalue weighted by molar-refractivity contribution is 5.71. The van der Waals surface area contributed by atoms with Crippen molar-refractivity contribution in [3.63, 3.8) is 0 Å².